The van der Waals surface area contributed by atoms with E-state index in [9.17, 15) is 5.11 Å². The van der Waals surface area contributed by atoms with E-state index in [1.165, 1.54) is 96.7 Å². The van der Waals surface area contributed by atoms with Gasteiger partial charge in [-0.1, -0.05) is 85.5 Å². The highest BCUT2D eigenvalue weighted by Gasteiger charge is 2.28. The Morgan fingerprint density at radius 3 is 1.50 bits per heavy atom. The summed E-state index contributed by atoms with van der Waals surface area (Å²) in [7, 11) is -4.89. The minimum Gasteiger partial charge on any atom is -0.756 e. The first-order valence-corrected chi connectivity index (χ1v) is 14.5. The zero-order chi connectivity index (χ0) is 24.7. The largest absolute Gasteiger partial charge is 0.756 e. The molecule has 0 amide bonds. The number of hydrogen-bond acceptors (Lipinski definition) is 4. The molecule has 32 heavy (non-hydrogen) atoms. The zero-order valence-corrected chi connectivity index (χ0v) is 22.4. The van der Waals surface area contributed by atoms with Crippen molar-refractivity contribution in [3.63, 3.8) is 0 Å². The van der Waals surface area contributed by atoms with Crippen LogP contribution in [0.5, 0.6) is 0 Å². The Morgan fingerprint density at radius 2 is 1.12 bits per heavy atom. The Morgan fingerprint density at radius 1 is 0.750 bits per heavy atom. The van der Waals surface area contributed by atoms with Crippen LogP contribution in [0, 0.1) is 0 Å². The number of unbranched alkanes of at least 4 members (excludes halogenated alkanes) is 9. The predicted molar refractivity (Wildman–Crippen MR) is 131 cm³/mol. The summed E-state index contributed by atoms with van der Waals surface area (Å²) in [6, 6.07) is 0. The van der Waals surface area contributed by atoms with Crippen LogP contribution in [0.2, 0.25) is 0 Å². The van der Waals surface area contributed by atoms with Gasteiger partial charge in [-0.25, -0.2) is 0 Å². The van der Waals surface area contributed by atoms with Crippen molar-refractivity contribution in [3.05, 3.63) is 0 Å². The van der Waals surface area contributed by atoms with Crippen molar-refractivity contribution >= 4 is 7.82 Å². The molecule has 0 bridgehead atoms. The lowest BCUT2D eigenvalue weighted by Gasteiger charge is -2.39. The number of ether oxygens (including phenoxy) is 1. The SMILES string of the molecule is CCCCCCCCCCCCOCC(O)C[N+](CCC)(CCC)CCC.O=P([O-])(O)O. The highest BCUT2D eigenvalue weighted by atomic mass is 31.2. The maximum Gasteiger partial charge on any atom is 0.262 e. The van der Waals surface area contributed by atoms with E-state index in [4.69, 9.17) is 24.0 Å². The summed E-state index contributed by atoms with van der Waals surface area (Å²) in [4.78, 5) is 22.9. The second kappa shape index (κ2) is 22.8. The average Bonchev–Trinajstić information content (AvgIpc) is 2.68. The van der Waals surface area contributed by atoms with Crippen LogP contribution in [0.4, 0.5) is 0 Å². The molecule has 196 valence electrons. The van der Waals surface area contributed by atoms with Crippen LogP contribution in [-0.4, -0.2) is 64.9 Å². The fraction of sp³-hybridized carbons (Fsp3) is 1.00. The third kappa shape index (κ3) is 26.2. The van der Waals surface area contributed by atoms with Gasteiger partial charge in [0, 0.05) is 6.61 Å². The lowest BCUT2D eigenvalue weighted by molar-refractivity contribution is -0.931. The second-order valence-corrected chi connectivity index (χ2v) is 10.1. The van der Waals surface area contributed by atoms with E-state index in [1.807, 2.05) is 0 Å². The van der Waals surface area contributed by atoms with Gasteiger partial charge in [0.15, 0.2) is 0 Å². The van der Waals surface area contributed by atoms with Crippen molar-refractivity contribution in [1.29, 1.82) is 0 Å². The number of hydrogen-bond donors (Lipinski definition) is 3. The second-order valence-electron chi connectivity index (χ2n) is 9.10. The maximum atomic E-state index is 10.5. The quantitative estimate of drug-likeness (QED) is 0.123. The zero-order valence-electron chi connectivity index (χ0n) is 21.5. The van der Waals surface area contributed by atoms with Gasteiger partial charge in [-0.05, 0) is 25.7 Å². The van der Waals surface area contributed by atoms with Crippen molar-refractivity contribution in [2.45, 2.75) is 117 Å². The first-order valence-electron chi connectivity index (χ1n) is 13.0. The molecule has 0 aromatic heterocycles. The average molecular weight is 484 g/mol. The van der Waals surface area contributed by atoms with E-state index in [1.54, 1.807) is 0 Å². The first-order chi connectivity index (χ1) is 15.1. The van der Waals surface area contributed by atoms with Gasteiger partial charge in [-0.15, -0.1) is 0 Å². The van der Waals surface area contributed by atoms with E-state index in [0.717, 1.165) is 24.1 Å². The van der Waals surface area contributed by atoms with Gasteiger partial charge >= 0.3 is 0 Å². The molecule has 7 nitrogen and oxygen atoms in total. The molecule has 8 heteroatoms. The Labute approximate surface area is 198 Å². The highest BCUT2D eigenvalue weighted by Crippen LogP contribution is 2.19. The maximum absolute atomic E-state index is 10.5. The standard InChI is InChI=1S/C24H52NO2.H3O4P/c1-5-9-10-11-12-13-14-15-16-17-21-27-23-24(26)22-25(18-6-2,19-7-3)20-8-4;1-5(2,3)4/h24,26H,5-23H2,1-4H3;(H3,1,2,3,4)/q+1;/p-1. The molecule has 0 spiro atoms. The molecule has 0 saturated carbocycles. The molecule has 1 atom stereocenters. The Hall–Kier alpha value is -0.0100. The van der Waals surface area contributed by atoms with Crippen LogP contribution < -0.4 is 4.89 Å². The molecule has 0 fully saturated rings. The monoisotopic (exact) mass is 483 g/mol. The van der Waals surface area contributed by atoms with Gasteiger partial charge in [0.2, 0.25) is 0 Å². The lowest BCUT2D eigenvalue weighted by Crippen LogP contribution is -2.54. The topological polar surface area (TPSA) is 110 Å². The van der Waals surface area contributed by atoms with E-state index >= 15 is 0 Å². The van der Waals surface area contributed by atoms with Gasteiger partial charge in [0.25, 0.3) is 7.82 Å². The Bertz CT molecular complexity index is 407. The van der Waals surface area contributed by atoms with Gasteiger partial charge in [0.1, 0.15) is 12.6 Å². The molecule has 0 saturated heterocycles. The normalized spacial score (nSPS) is 13.0. The molecule has 0 aromatic carbocycles. The summed E-state index contributed by atoms with van der Waals surface area (Å²) in [5.74, 6) is 0. The number of quaternary nitrogens is 1. The van der Waals surface area contributed by atoms with E-state index < -0.39 is 7.82 Å². The number of aliphatic hydroxyl groups excluding tert-OH is 1. The number of aliphatic hydroxyl groups is 1. The lowest BCUT2D eigenvalue weighted by atomic mass is 10.1. The molecule has 1 unspecified atom stereocenters. The fourth-order valence-corrected chi connectivity index (χ4v) is 4.44. The molecule has 0 rings (SSSR count). The third-order valence-corrected chi connectivity index (χ3v) is 5.64. The van der Waals surface area contributed by atoms with E-state index in [0.29, 0.717) is 6.61 Å². The van der Waals surface area contributed by atoms with Gasteiger partial charge < -0.3 is 29.0 Å². The minimum absolute atomic E-state index is 0.322. The third-order valence-electron chi connectivity index (χ3n) is 5.64. The van der Waals surface area contributed by atoms with Crippen LogP contribution in [-0.2, 0) is 9.30 Å². The van der Waals surface area contributed by atoms with Crippen LogP contribution in [0.3, 0.4) is 0 Å². The van der Waals surface area contributed by atoms with Crippen molar-refractivity contribution < 1.29 is 33.6 Å². The molecule has 0 aliphatic rings. The molecule has 3 N–H and O–H groups in total. The van der Waals surface area contributed by atoms with Crippen molar-refractivity contribution in [3.8, 4) is 0 Å². The predicted octanol–water partition coefficient (Wildman–Crippen LogP) is 4.77. The molecule has 0 aromatic rings. The van der Waals surface area contributed by atoms with Crippen LogP contribution in [0.15, 0.2) is 0 Å². The van der Waals surface area contributed by atoms with E-state index in [2.05, 4.69) is 27.7 Å². The van der Waals surface area contributed by atoms with Gasteiger partial charge in [-0.3, -0.25) is 4.57 Å². The summed E-state index contributed by atoms with van der Waals surface area (Å²) in [5.41, 5.74) is 0. The molecular formula is C24H54NO6P. The Balaban J connectivity index is 0. The van der Waals surface area contributed by atoms with Crippen molar-refractivity contribution in [1.82, 2.24) is 0 Å². The molecule has 0 radical (unpaired) electrons. The number of phosphoric acid groups is 1. The van der Waals surface area contributed by atoms with Crippen LogP contribution in [0.1, 0.15) is 111 Å². The van der Waals surface area contributed by atoms with Gasteiger partial charge in [0.05, 0.1) is 26.2 Å². The molecule has 0 aliphatic carbocycles. The minimum atomic E-state index is -4.89. The van der Waals surface area contributed by atoms with E-state index in [-0.39, 0.29) is 6.10 Å². The van der Waals surface area contributed by atoms with Crippen molar-refractivity contribution in [2.24, 2.45) is 0 Å². The van der Waals surface area contributed by atoms with Crippen LogP contribution in [0.25, 0.3) is 0 Å². The molecule has 0 aliphatic heterocycles. The fourth-order valence-electron chi connectivity index (χ4n) is 4.44. The molecular weight excluding hydrogens is 429 g/mol. The highest BCUT2D eigenvalue weighted by molar-refractivity contribution is 7.43. The number of rotatable bonds is 21. The van der Waals surface area contributed by atoms with Crippen LogP contribution >= 0.6 is 7.82 Å². The molecule has 0 heterocycles. The smallest absolute Gasteiger partial charge is 0.262 e. The summed E-state index contributed by atoms with van der Waals surface area (Å²) >= 11 is 0. The Kier molecular flexibility index (Phi) is 24.3. The van der Waals surface area contributed by atoms with Gasteiger partial charge in [-0.2, -0.15) is 0 Å². The number of nitrogens with zero attached hydrogens (tertiary/aromatic N) is 1. The summed E-state index contributed by atoms with van der Waals surface area (Å²) < 4.78 is 15.6. The summed E-state index contributed by atoms with van der Waals surface area (Å²) in [6.45, 7) is 14.7. The summed E-state index contributed by atoms with van der Waals surface area (Å²) in [5, 5.41) is 10.5. The van der Waals surface area contributed by atoms with Crippen molar-refractivity contribution in [2.75, 3.05) is 39.4 Å². The first kappa shape index (κ1) is 34.2. The summed E-state index contributed by atoms with van der Waals surface area (Å²) in [6.07, 6.45) is 16.7.